The summed E-state index contributed by atoms with van der Waals surface area (Å²) in [6, 6.07) is 4.84. The number of hydrogen-bond acceptors (Lipinski definition) is 4. The van der Waals surface area contributed by atoms with E-state index in [2.05, 4.69) is 6.92 Å². The number of esters is 1. The largest absolute Gasteiger partial charge is 0.493 e. The van der Waals surface area contributed by atoms with Gasteiger partial charge in [-0.2, -0.15) is 0 Å². The Morgan fingerprint density at radius 2 is 2.25 bits per heavy atom. The number of carbonyl (C=O) groups excluding carboxylic acids is 2. The Bertz CT molecular complexity index is 385. The molecule has 16 heavy (non-hydrogen) atoms. The fourth-order valence-electron chi connectivity index (χ4n) is 1.20. The monoisotopic (exact) mass is 221 g/mol. The van der Waals surface area contributed by atoms with E-state index in [0.717, 1.165) is 0 Å². The van der Waals surface area contributed by atoms with Crippen LogP contribution in [-0.2, 0) is 4.79 Å². The van der Waals surface area contributed by atoms with Gasteiger partial charge in [-0.1, -0.05) is 13.0 Å². The number of ether oxygens (including phenoxy) is 2. The van der Waals surface area contributed by atoms with E-state index in [-0.39, 0.29) is 17.7 Å². The average Bonchev–Trinajstić information content (AvgIpc) is 2.29. The van der Waals surface area contributed by atoms with Gasteiger partial charge in [-0.15, -0.1) is 0 Å². The van der Waals surface area contributed by atoms with E-state index < -0.39 is 5.97 Å². The molecule has 0 saturated heterocycles. The first-order valence-electron chi connectivity index (χ1n) is 4.85. The molecule has 1 radical (unpaired) electrons. The Morgan fingerprint density at radius 1 is 1.50 bits per heavy atom. The lowest BCUT2D eigenvalue weighted by atomic mass is 10.2. The zero-order valence-electron chi connectivity index (χ0n) is 9.06. The topological polar surface area (TPSA) is 52.6 Å². The van der Waals surface area contributed by atoms with Crippen LogP contribution in [0.4, 0.5) is 0 Å². The third-order valence-corrected chi connectivity index (χ3v) is 1.95. The second kappa shape index (κ2) is 5.90. The Kier molecular flexibility index (Phi) is 4.51. The van der Waals surface area contributed by atoms with Crippen molar-refractivity contribution in [3.05, 3.63) is 30.7 Å². The average molecular weight is 221 g/mol. The van der Waals surface area contributed by atoms with E-state index in [1.54, 1.807) is 18.2 Å². The van der Waals surface area contributed by atoms with Gasteiger partial charge >= 0.3 is 5.97 Å². The lowest BCUT2D eigenvalue weighted by Gasteiger charge is -2.10. The maximum atomic E-state index is 11.3. The number of benzene rings is 1. The Morgan fingerprint density at radius 3 is 2.81 bits per heavy atom. The van der Waals surface area contributed by atoms with E-state index >= 15 is 0 Å². The van der Waals surface area contributed by atoms with Crippen LogP contribution in [0.5, 0.6) is 11.5 Å². The second-order valence-electron chi connectivity index (χ2n) is 3.07. The van der Waals surface area contributed by atoms with Crippen LogP contribution in [0, 0.1) is 6.92 Å². The molecule has 0 heterocycles. The van der Waals surface area contributed by atoms with Gasteiger partial charge in [-0.25, -0.2) is 0 Å². The molecule has 0 aliphatic rings. The summed E-state index contributed by atoms with van der Waals surface area (Å²) in [6.45, 7) is 3.55. The van der Waals surface area contributed by atoms with Crippen molar-refractivity contribution >= 4 is 12.3 Å². The minimum absolute atomic E-state index is 0.165. The van der Waals surface area contributed by atoms with Gasteiger partial charge in [0, 0.05) is 6.42 Å². The number of methoxy groups -OCH3 is 1. The molecule has 0 aliphatic carbocycles. The molecule has 1 aromatic carbocycles. The lowest BCUT2D eigenvalue weighted by molar-refractivity contribution is -0.134. The number of hydrogen-bond donors (Lipinski definition) is 0. The maximum Gasteiger partial charge on any atom is 0.311 e. The van der Waals surface area contributed by atoms with Crippen molar-refractivity contribution in [3.63, 3.8) is 0 Å². The molecule has 4 heteroatoms. The van der Waals surface area contributed by atoms with Crippen molar-refractivity contribution in [2.24, 2.45) is 0 Å². The maximum absolute atomic E-state index is 11.3. The van der Waals surface area contributed by atoms with Crippen LogP contribution in [0.1, 0.15) is 23.2 Å². The van der Waals surface area contributed by atoms with E-state index in [1.807, 2.05) is 0 Å². The standard InChI is InChI=1S/C12H13O4/c1-3-5-11(14)16-12-9(8-13)6-4-7-10(12)15-2/h4,6-8H,1,3,5H2,2H3. The summed E-state index contributed by atoms with van der Waals surface area (Å²) < 4.78 is 10.1. The van der Waals surface area contributed by atoms with Gasteiger partial charge in [0.1, 0.15) is 0 Å². The molecule has 0 atom stereocenters. The molecule has 1 aromatic rings. The van der Waals surface area contributed by atoms with Gasteiger partial charge in [0.15, 0.2) is 17.8 Å². The molecule has 4 nitrogen and oxygen atoms in total. The number of para-hydroxylation sites is 1. The predicted molar refractivity (Wildman–Crippen MR) is 58.6 cm³/mol. The summed E-state index contributed by atoms with van der Waals surface area (Å²) >= 11 is 0. The number of rotatable bonds is 5. The number of carbonyl (C=O) groups is 2. The van der Waals surface area contributed by atoms with Crippen molar-refractivity contribution in [3.8, 4) is 11.5 Å². The van der Waals surface area contributed by atoms with Gasteiger partial charge in [-0.05, 0) is 18.6 Å². The zero-order valence-corrected chi connectivity index (χ0v) is 9.06. The van der Waals surface area contributed by atoms with Crippen molar-refractivity contribution in [2.75, 3.05) is 7.11 Å². The van der Waals surface area contributed by atoms with Crippen LogP contribution in [-0.4, -0.2) is 19.4 Å². The molecule has 0 spiro atoms. The first-order chi connectivity index (χ1) is 7.72. The summed E-state index contributed by atoms with van der Waals surface area (Å²) in [5.74, 6) is 0.100. The van der Waals surface area contributed by atoms with Gasteiger partial charge in [0.2, 0.25) is 0 Å². The molecule has 0 fully saturated rings. The first kappa shape index (κ1) is 12.2. The van der Waals surface area contributed by atoms with Crippen LogP contribution < -0.4 is 9.47 Å². The SMILES string of the molecule is [CH2]CCC(=O)Oc1c(C=O)cccc1OC. The molecular formula is C12H13O4. The smallest absolute Gasteiger partial charge is 0.311 e. The van der Waals surface area contributed by atoms with Gasteiger partial charge in [0.05, 0.1) is 12.7 Å². The molecule has 0 saturated carbocycles. The minimum Gasteiger partial charge on any atom is -0.493 e. The van der Waals surface area contributed by atoms with E-state index in [9.17, 15) is 9.59 Å². The van der Waals surface area contributed by atoms with Crippen molar-refractivity contribution in [1.82, 2.24) is 0 Å². The van der Waals surface area contributed by atoms with E-state index in [0.29, 0.717) is 18.5 Å². The van der Waals surface area contributed by atoms with Crippen molar-refractivity contribution in [1.29, 1.82) is 0 Å². The highest BCUT2D eigenvalue weighted by Crippen LogP contribution is 2.30. The summed E-state index contributed by atoms with van der Waals surface area (Å²) in [5, 5.41) is 0. The summed E-state index contributed by atoms with van der Waals surface area (Å²) in [4.78, 5) is 22.1. The Labute approximate surface area is 94.2 Å². The first-order valence-corrected chi connectivity index (χ1v) is 4.85. The Balaban J connectivity index is 2.99. The van der Waals surface area contributed by atoms with Crippen LogP contribution in [0.25, 0.3) is 0 Å². The molecule has 0 amide bonds. The van der Waals surface area contributed by atoms with Gasteiger partial charge in [-0.3, -0.25) is 9.59 Å². The fraction of sp³-hybridized carbons (Fsp3) is 0.250. The molecule has 1 rings (SSSR count). The highest BCUT2D eigenvalue weighted by molar-refractivity contribution is 5.84. The normalized spacial score (nSPS) is 9.62. The Hall–Kier alpha value is -1.84. The molecule has 0 aromatic heterocycles. The molecule has 0 bridgehead atoms. The van der Waals surface area contributed by atoms with Crippen molar-refractivity contribution in [2.45, 2.75) is 12.8 Å². The fourth-order valence-corrected chi connectivity index (χ4v) is 1.20. The lowest BCUT2D eigenvalue weighted by Crippen LogP contribution is -2.09. The third-order valence-electron chi connectivity index (χ3n) is 1.95. The second-order valence-corrected chi connectivity index (χ2v) is 3.07. The summed E-state index contributed by atoms with van der Waals surface area (Å²) in [5.41, 5.74) is 0.289. The van der Waals surface area contributed by atoms with E-state index in [4.69, 9.17) is 9.47 Å². The number of aldehydes is 1. The van der Waals surface area contributed by atoms with Gasteiger partial charge < -0.3 is 9.47 Å². The molecule has 85 valence electrons. The van der Waals surface area contributed by atoms with Crippen LogP contribution in [0.15, 0.2) is 18.2 Å². The third kappa shape index (κ3) is 2.82. The van der Waals surface area contributed by atoms with Gasteiger partial charge in [0.25, 0.3) is 0 Å². The highest BCUT2D eigenvalue weighted by Gasteiger charge is 2.13. The highest BCUT2D eigenvalue weighted by atomic mass is 16.6. The molecular weight excluding hydrogens is 208 g/mol. The molecule has 0 unspecified atom stereocenters. The summed E-state index contributed by atoms with van der Waals surface area (Å²) in [7, 11) is 1.45. The zero-order chi connectivity index (χ0) is 12.0. The van der Waals surface area contributed by atoms with Crippen molar-refractivity contribution < 1.29 is 19.1 Å². The van der Waals surface area contributed by atoms with E-state index in [1.165, 1.54) is 7.11 Å². The van der Waals surface area contributed by atoms with Crippen LogP contribution in [0.3, 0.4) is 0 Å². The molecule has 0 aliphatic heterocycles. The predicted octanol–water partition coefficient (Wildman–Crippen LogP) is 2.03. The minimum atomic E-state index is -0.428. The molecule has 0 N–H and O–H groups in total. The quantitative estimate of drug-likeness (QED) is 0.433. The van der Waals surface area contributed by atoms with Crippen LogP contribution >= 0.6 is 0 Å². The summed E-state index contributed by atoms with van der Waals surface area (Å²) in [6.07, 6.45) is 1.27. The van der Waals surface area contributed by atoms with Crippen LogP contribution in [0.2, 0.25) is 0 Å².